The Bertz CT molecular complexity index is 712. The summed E-state index contributed by atoms with van der Waals surface area (Å²) in [6, 6.07) is 1.99. The summed E-state index contributed by atoms with van der Waals surface area (Å²) in [5, 5.41) is 1.97. The van der Waals surface area contributed by atoms with Crippen LogP contribution in [-0.2, 0) is 12.8 Å². The van der Waals surface area contributed by atoms with Crippen LogP contribution in [0.1, 0.15) is 40.3 Å². The second-order valence-electron chi connectivity index (χ2n) is 6.00. The Morgan fingerprint density at radius 1 is 1.30 bits per heavy atom. The molecule has 0 saturated carbocycles. The number of aryl methyl sites for hydroxylation is 1. The van der Waals surface area contributed by atoms with E-state index in [0.717, 1.165) is 34.5 Å². The maximum Gasteiger partial charge on any atom is 0.264 e. The van der Waals surface area contributed by atoms with Gasteiger partial charge in [-0.1, -0.05) is 0 Å². The highest BCUT2D eigenvalue weighted by atomic mass is 32.1. The van der Waals surface area contributed by atoms with E-state index in [9.17, 15) is 4.79 Å². The van der Waals surface area contributed by atoms with Crippen molar-refractivity contribution < 1.29 is 9.53 Å². The number of nitrogens with zero attached hydrogens (tertiary/aromatic N) is 3. The molecule has 0 aliphatic carbocycles. The zero-order chi connectivity index (χ0) is 16.4. The van der Waals surface area contributed by atoms with Crippen LogP contribution in [0.15, 0.2) is 17.8 Å². The second kappa shape index (κ2) is 6.66. The Morgan fingerprint density at radius 2 is 2.09 bits per heavy atom. The number of thiophene rings is 1. The number of carbonyl (C=O) groups is 1. The topological polar surface area (TPSA) is 55.3 Å². The lowest BCUT2D eigenvalue weighted by Gasteiger charge is -2.19. The normalized spacial score (nSPS) is 14.5. The van der Waals surface area contributed by atoms with E-state index < -0.39 is 0 Å². The van der Waals surface area contributed by atoms with Gasteiger partial charge < -0.3 is 9.64 Å². The van der Waals surface area contributed by atoms with Crippen LogP contribution in [0.5, 0.6) is 5.88 Å². The highest BCUT2D eigenvalue weighted by Gasteiger charge is 2.24. The van der Waals surface area contributed by atoms with E-state index in [1.165, 1.54) is 11.3 Å². The smallest absolute Gasteiger partial charge is 0.264 e. The largest absolute Gasteiger partial charge is 0.475 e. The zero-order valence-corrected chi connectivity index (χ0v) is 14.5. The van der Waals surface area contributed by atoms with Crippen LogP contribution in [0.2, 0.25) is 0 Å². The molecule has 0 N–H and O–H groups in total. The molecule has 0 fully saturated rings. The van der Waals surface area contributed by atoms with E-state index >= 15 is 0 Å². The third kappa shape index (κ3) is 3.37. The molecule has 3 rings (SSSR count). The summed E-state index contributed by atoms with van der Waals surface area (Å²) in [6.07, 6.45) is 3.10. The summed E-state index contributed by atoms with van der Waals surface area (Å²) in [5.74, 6) is 0.774. The number of aromatic nitrogens is 2. The fourth-order valence-corrected chi connectivity index (χ4v) is 3.65. The van der Waals surface area contributed by atoms with Gasteiger partial charge in [-0.05, 0) is 44.2 Å². The van der Waals surface area contributed by atoms with Gasteiger partial charge in [-0.3, -0.25) is 4.79 Å². The number of carbonyl (C=O) groups excluding carboxylic acids is 1. The quantitative estimate of drug-likeness (QED) is 0.868. The average Bonchev–Trinajstić information content (AvgIpc) is 2.81. The Labute approximate surface area is 140 Å². The number of fused-ring (bicyclic) bond motifs is 1. The van der Waals surface area contributed by atoms with Crippen molar-refractivity contribution in [2.24, 2.45) is 0 Å². The molecule has 2 aromatic rings. The van der Waals surface area contributed by atoms with Gasteiger partial charge in [-0.25, -0.2) is 9.97 Å². The minimum absolute atomic E-state index is 0.0729. The minimum Gasteiger partial charge on any atom is -0.475 e. The number of hydrogen-bond acceptors (Lipinski definition) is 5. The first kappa shape index (κ1) is 15.9. The molecule has 6 heteroatoms. The second-order valence-corrected chi connectivity index (χ2v) is 6.91. The molecule has 0 bridgehead atoms. The Kier molecular flexibility index (Phi) is 4.61. The molecule has 5 nitrogen and oxygen atoms in total. The predicted octanol–water partition coefficient (Wildman–Crippen LogP) is 2.87. The van der Waals surface area contributed by atoms with Crippen LogP contribution in [-0.4, -0.2) is 40.0 Å². The molecular formula is C17H21N3O2S. The lowest BCUT2D eigenvalue weighted by atomic mass is 10.1. The molecule has 3 heterocycles. The van der Waals surface area contributed by atoms with Gasteiger partial charge in [0.25, 0.3) is 5.91 Å². The Hall–Kier alpha value is -1.95. The zero-order valence-electron chi connectivity index (χ0n) is 13.7. The van der Waals surface area contributed by atoms with Crippen molar-refractivity contribution in [3.8, 4) is 5.88 Å². The molecule has 0 unspecified atom stereocenters. The fraction of sp³-hybridized carbons (Fsp3) is 0.471. The summed E-state index contributed by atoms with van der Waals surface area (Å²) in [5.41, 5.74) is 3.08. The van der Waals surface area contributed by atoms with Crippen molar-refractivity contribution in [3.05, 3.63) is 39.5 Å². The number of ether oxygens (including phenoxy) is 1. The van der Waals surface area contributed by atoms with Crippen molar-refractivity contribution in [2.75, 3.05) is 13.1 Å². The van der Waals surface area contributed by atoms with Gasteiger partial charge in [0, 0.05) is 25.1 Å². The summed E-state index contributed by atoms with van der Waals surface area (Å²) < 4.78 is 5.80. The van der Waals surface area contributed by atoms with Gasteiger partial charge in [0.05, 0.1) is 16.7 Å². The first-order valence-electron chi connectivity index (χ1n) is 7.89. The highest BCUT2D eigenvalue weighted by molar-refractivity contribution is 7.12. The molecule has 1 aliphatic rings. The highest BCUT2D eigenvalue weighted by Crippen LogP contribution is 2.25. The first-order chi connectivity index (χ1) is 11.1. The summed E-state index contributed by atoms with van der Waals surface area (Å²) >= 11 is 1.51. The van der Waals surface area contributed by atoms with Crippen LogP contribution in [0.25, 0.3) is 0 Å². The molecule has 1 aliphatic heterocycles. The molecule has 122 valence electrons. The SMILES string of the molecule is Cc1ccsc1C(=O)N1CCc2ncnc(OC(C)C)c2CC1. The van der Waals surface area contributed by atoms with E-state index in [2.05, 4.69) is 9.97 Å². The van der Waals surface area contributed by atoms with Gasteiger partial charge in [0.1, 0.15) is 6.33 Å². The summed E-state index contributed by atoms with van der Waals surface area (Å²) in [6.45, 7) is 7.31. The molecule has 0 aromatic carbocycles. The van der Waals surface area contributed by atoms with Crippen molar-refractivity contribution in [3.63, 3.8) is 0 Å². The van der Waals surface area contributed by atoms with Gasteiger partial charge in [0.2, 0.25) is 5.88 Å². The van der Waals surface area contributed by atoms with E-state index in [1.54, 1.807) is 6.33 Å². The van der Waals surface area contributed by atoms with Gasteiger partial charge >= 0.3 is 0 Å². The predicted molar refractivity (Wildman–Crippen MR) is 90.2 cm³/mol. The van der Waals surface area contributed by atoms with Crippen molar-refractivity contribution in [2.45, 2.75) is 39.7 Å². The van der Waals surface area contributed by atoms with E-state index in [1.807, 2.05) is 37.1 Å². The monoisotopic (exact) mass is 331 g/mol. The lowest BCUT2D eigenvalue weighted by Crippen LogP contribution is -2.33. The summed E-state index contributed by atoms with van der Waals surface area (Å²) in [7, 11) is 0. The molecular weight excluding hydrogens is 310 g/mol. The minimum atomic E-state index is 0.0729. The molecule has 0 radical (unpaired) electrons. The van der Waals surface area contributed by atoms with Crippen LogP contribution < -0.4 is 4.74 Å². The van der Waals surface area contributed by atoms with E-state index in [-0.39, 0.29) is 12.0 Å². The lowest BCUT2D eigenvalue weighted by molar-refractivity contribution is 0.0767. The van der Waals surface area contributed by atoms with Crippen molar-refractivity contribution in [1.29, 1.82) is 0 Å². The van der Waals surface area contributed by atoms with Crippen LogP contribution in [0.3, 0.4) is 0 Å². The maximum absolute atomic E-state index is 12.7. The average molecular weight is 331 g/mol. The van der Waals surface area contributed by atoms with Crippen LogP contribution >= 0.6 is 11.3 Å². The molecule has 23 heavy (non-hydrogen) atoms. The van der Waals surface area contributed by atoms with E-state index in [4.69, 9.17) is 4.74 Å². The third-order valence-electron chi connectivity index (χ3n) is 3.94. The molecule has 1 amide bonds. The molecule has 0 atom stereocenters. The van der Waals surface area contributed by atoms with Gasteiger partial charge in [0.15, 0.2) is 0 Å². The maximum atomic E-state index is 12.7. The standard InChI is InChI=1S/C17H21N3O2S/c1-11(2)22-16-13-4-7-20(8-5-14(13)18-10-19-16)17(21)15-12(3)6-9-23-15/h6,9-11H,4-5,7-8H2,1-3H3. The van der Waals surface area contributed by atoms with E-state index in [0.29, 0.717) is 19.0 Å². The van der Waals surface area contributed by atoms with Gasteiger partial charge in [-0.15, -0.1) is 11.3 Å². The fourth-order valence-electron chi connectivity index (χ4n) is 2.76. The number of rotatable bonds is 3. The van der Waals surface area contributed by atoms with Crippen LogP contribution in [0, 0.1) is 6.92 Å². The molecule has 2 aromatic heterocycles. The molecule has 0 spiro atoms. The number of hydrogen-bond donors (Lipinski definition) is 0. The van der Waals surface area contributed by atoms with Crippen molar-refractivity contribution >= 4 is 17.2 Å². The summed E-state index contributed by atoms with van der Waals surface area (Å²) in [4.78, 5) is 24.1. The molecule has 0 saturated heterocycles. The Morgan fingerprint density at radius 3 is 2.78 bits per heavy atom. The first-order valence-corrected chi connectivity index (χ1v) is 8.77. The van der Waals surface area contributed by atoms with Gasteiger partial charge in [-0.2, -0.15) is 0 Å². The third-order valence-corrected chi connectivity index (χ3v) is 4.94. The Balaban J connectivity index is 1.80. The van der Waals surface area contributed by atoms with Crippen LogP contribution in [0.4, 0.5) is 0 Å². The van der Waals surface area contributed by atoms with Crippen molar-refractivity contribution in [1.82, 2.24) is 14.9 Å². The number of amides is 1.